The first kappa shape index (κ1) is 62.6. The van der Waals surface area contributed by atoms with Crippen LogP contribution in [0.1, 0.15) is 188 Å². The number of nitrogens with one attached hydrogen (secondary N) is 3. The van der Waals surface area contributed by atoms with Gasteiger partial charge in [-0.3, -0.25) is 24.0 Å². The molecule has 374 valence electrons. The smallest absolute Gasteiger partial charge is 0.326 e. The summed E-state index contributed by atoms with van der Waals surface area (Å²) in [5, 5.41) is 25.7. The van der Waals surface area contributed by atoms with Gasteiger partial charge in [0.2, 0.25) is 17.7 Å². The van der Waals surface area contributed by atoms with Crippen molar-refractivity contribution in [1.29, 1.82) is 0 Å². The fourth-order valence-electron chi connectivity index (χ4n) is 6.56. The first-order chi connectivity index (χ1) is 30.9. The van der Waals surface area contributed by atoms with Crippen molar-refractivity contribution in [3.05, 3.63) is 0 Å². The van der Waals surface area contributed by atoms with Gasteiger partial charge in [-0.1, -0.05) is 111 Å². The number of aliphatic carboxylic acids is 2. The van der Waals surface area contributed by atoms with Gasteiger partial charge in [0.15, 0.2) is 0 Å². The third-order valence-electron chi connectivity index (χ3n) is 10.5. The molecular weight excluding hydrogens is 827 g/mol. The highest BCUT2D eigenvalue weighted by Crippen LogP contribution is 2.16. The van der Waals surface area contributed by atoms with E-state index in [2.05, 4.69) is 22.9 Å². The zero-order valence-electron chi connectivity index (χ0n) is 40.3. The minimum absolute atomic E-state index is 0.00537. The Morgan fingerprint density at radius 1 is 0.484 bits per heavy atom. The molecule has 3 amide bonds. The van der Waals surface area contributed by atoms with Crippen LogP contribution in [-0.4, -0.2) is 123 Å². The number of Topliss-reactive ketones (excluding diaryl/α,β-unsaturated/α-hetero) is 2. The molecule has 0 unspecified atom stereocenters. The van der Waals surface area contributed by atoms with Gasteiger partial charge in [0.05, 0.1) is 33.0 Å². The molecule has 0 aliphatic heterocycles. The van der Waals surface area contributed by atoms with Gasteiger partial charge in [-0.2, -0.15) is 0 Å². The predicted molar refractivity (Wildman–Crippen MR) is 248 cm³/mol. The minimum atomic E-state index is -1.09. The van der Waals surface area contributed by atoms with E-state index in [1.165, 1.54) is 58.3 Å². The normalized spacial score (nSPS) is 11.8. The van der Waals surface area contributed by atoms with Crippen molar-refractivity contribution in [1.82, 2.24) is 16.0 Å². The molecule has 0 aromatic rings. The zero-order valence-corrected chi connectivity index (χ0v) is 40.3. The summed E-state index contributed by atoms with van der Waals surface area (Å²) < 4.78 is 21.2. The van der Waals surface area contributed by atoms with Crippen LogP contribution >= 0.6 is 0 Å². The second kappa shape index (κ2) is 47.5. The van der Waals surface area contributed by atoms with E-state index in [-0.39, 0.29) is 55.5 Å². The number of hydrogen-bond acceptors (Lipinski definition) is 11. The molecule has 64 heavy (non-hydrogen) atoms. The number of hydrogen-bond donors (Lipinski definition) is 5. The molecule has 5 N–H and O–H groups in total. The fourth-order valence-corrected chi connectivity index (χ4v) is 6.56. The molecule has 2 atom stereocenters. The summed E-state index contributed by atoms with van der Waals surface area (Å²) in [5.41, 5.74) is 0. The highest BCUT2D eigenvalue weighted by Gasteiger charge is 2.20. The average molecular weight is 916 g/mol. The van der Waals surface area contributed by atoms with Crippen LogP contribution in [0, 0.1) is 5.92 Å². The summed E-state index contributed by atoms with van der Waals surface area (Å²) in [6.07, 6.45) is 22.8. The molecule has 0 heterocycles. The summed E-state index contributed by atoms with van der Waals surface area (Å²) >= 11 is 0. The summed E-state index contributed by atoms with van der Waals surface area (Å²) in [4.78, 5) is 79.5. The fraction of sp³-hybridized carbons (Fsp3) is 0.854. The van der Waals surface area contributed by atoms with Crippen LogP contribution in [0.5, 0.6) is 0 Å². The molecule has 0 aromatic carbocycles. The Morgan fingerprint density at radius 3 is 1.44 bits per heavy atom. The monoisotopic (exact) mass is 916 g/mol. The van der Waals surface area contributed by atoms with Crippen molar-refractivity contribution in [2.45, 2.75) is 194 Å². The number of amides is 3. The molecule has 0 saturated heterocycles. The topological polar surface area (TPSA) is 233 Å². The molecule has 0 spiro atoms. The van der Waals surface area contributed by atoms with Crippen molar-refractivity contribution in [3.63, 3.8) is 0 Å². The largest absolute Gasteiger partial charge is 0.481 e. The molecule has 0 aliphatic carbocycles. The lowest BCUT2D eigenvalue weighted by Crippen LogP contribution is -2.40. The third-order valence-corrected chi connectivity index (χ3v) is 10.5. The number of ketones is 2. The third kappa shape index (κ3) is 46.5. The molecule has 0 radical (unpaired) electrons. The molecule has 0 fully saturated rings. The molecule has 16 heteroatoms. The van der Waals surface area contributed by atoms with E-state index in [0.717, 1.165) is 83.7 Å². The summed E-state index contributed by atoms with van der Waals surface area (Å²) in [5.74, 6) is -1.99. The van der Waals surface area contributed by atoms with E-state index in [0.29, 0.717) is 71.2 Å². The lowest BCUT2D eigenvalue weighted by Gasteiger charge is -2.13. The van der Waals surface area contributed by atoms with Crippen LogP contribution in [0.2, 0.25) is 0 Å². The number of ether oxygens (including phenoxy) is 4. The highest BCUT2D eigenvalue weighted by molar-refractivity contribution is 5.84. The van der Waals surface area contributed by atoms with Gasteiger partial charge in [-0.15, -0.1) is 0 Å². The molecule has 16 nitrogen and oxygen atoms in total. The minimum Gasteiger partial charge on any atom is -0.481 e. The van der Waals surface area contributed by atoms with Crippen LogP contribution in [0.25, 0.3) is 0 Å². The Labute approximate surface area is 385 Å². The number of carboxylic acids is 2. The van der Waals surface area contributed by atoms with Crippen LogP contribution in [-0.2, 0) is 52.5 Å². The van der Waals surface area contributed by atoms with Crippen LogP contribution < -0.4 is 16.0 Å². The number of carboxylic acid groups (broad SMARTS) is 2. The number of carbonyl (C=O) groups excluding carboxylic acids is 5. The maximum atomic E-state index is 11.9. The Kier molecular flexibility index (Phi) is 46.5. The lowest BCUT2D eigenvalue weighted by molar-refractivity contribution is -0.142. The predicted octanol–water partition coefficient (Wildman–Crippen LogP) is 7.51. The van der Waals surface area contributed by atoms with E-state index < -0.39 is 18.0 Å². The van der Waals surface area contributed by atoms with E-state index in [9.17, 15) is 33.6 Å². The molecule has 0 aromatic heterocycles. The Balaban J connectivity index is 0. The van der Waals surface area contributed by atoms with Crippen molar-refractivity contribution in [2.75, 3.05) is 65.9 Å². The van der Waals surface area contributed by atoms with Gasteiger partial charge in [0.25, 0.3) is 0 Å². The van der Waals surface area contributed by atoms with Gasteiger partial charge in [-0.05, 0) is 51.9 Å². The van der Waals surface area contributed by atoms with E-state index in [4.69, 9.17) is 29.2 Å². The molecule has 0 bridgehead atoms. The quantitative estimate of drug-likeness (QED) is 0.0373. The Bertz CT molecular complexity index is 1200. The van der Waals surface area contributed by atoms with Crippen molar-refractivity contribution in [2.24, 2.45) is 5.92 Å². The van der Waals surface area contributed by atoms with Gasteiger partial charge < -0.3 is 49.9 Å². The van der Waals surface area contributed by atoms with E-state index in [1.807, 2.05) is 13.8 Å². The van der Waals surface area contributed by atoms with Gasteiger partial charge in [-0.25, -0.2) is 4.79 Å². The van der Waals surface area contributed by atoms with E-state index in [1.54, 1.807) is 0 Å². The Morgan fingerprint density at radius 2 is 0.969 bits per heavy atom. The van der Waals surface area contributed by atoms with Crippen LogP contribution in [0.4, 0.5) is 0 Å². The van der Waals surface area contributed by atoms with Gasteiger partial charge >= 0.3 is 11.9 Å². The molecule has 0 saturated carbocycles. The second-order valence-corrected chi connectivity index (χ2v) is 16.3. The second-order valence-electron chi connectivity index (χ2n) is 16.3. The first-order valence-electron chi connectivity index (χ1n) is 24.5. The maximum absolute atomic E-state index is 11.9. The SMILES string of the molecule is CC(=O)CC[C@H](NC(=O)CCCCCCCCCCCCCCCCC(=O)O)C(=O)O.CCCCOCCOCC(=O)NCCOCCOCC(=O)NCCCC[C@H](CC)C(=O)CC. The van der Waals surface area contributed by atoms with E-state index >= 15 is 0 Å². The highest BCUT2D eigenvalue weighted by atomic mass is 16.5. The number of carbonyl (C=O) groups is 7. The van der Waals surface area contributed by atoms with Crippen molar-refractivity contribution >= 4 is 41.2 Å². The Hall–Kier alpha value is -3.47. The van der Waals surface area contributed by atoms with Crippen LogP contribution in [0.15, 0.2) is 0 Å². The summed E-state index contributed by atoms with van der Waals surface area (Å²) in [7, 11) is 0. The van der Waals surface area contributed by atoms with Crippen molar-refractivity contribution < 1.29 is 62.7 Å². The number of unbranched alkanes of at least 4 members (excludes halogenated alkanes) is 15. The number of rotatable bonds is 46. The van der Waals surface area contributed by atoms with Gasteiger partial charge in [0, 0.05) is 51.3 Å². The summed E-state index contributed by atoms with van der Waals surface area (Å²) in [6.45, 7) is 11.1. The molecule has 0 aliphatic rings. The van der Waals surface area contributed by atoms with Crippen molar-refractivity contribution in [3.8, 4) is 0 Å². The van der Waals surface area contributed by atoms with Crippen LogP contribution in [0.3, 0.4) is 0 Å². The maximum Gasteiger partial charge on any atom is 0.326 e. The molecular formula is C48H89N3O13. The lowest BCUT2D eigenvalue weighted by atomic mass is 9.93. The standard InChI is InChI=1S/C24H46N2O7.C24H43NO6/c1-4-7-13-30-15-17-32-20-24(29)26-12-14-31-16-18-33-19-23(28)25-11-9-8-10-21(5-2)22(27)6-3;1-20(26)18-19-21(24(30)31)25-22(27)16-14-12-10-8-6-4-2-3-5-7-9-11-13-15-17-23(28)29/h21H,4-20H2,1-3H3,(H,25,28)(H,26,29);21H,2-19H2,1H3,(H,25,27)(H,28,29)(H,30,31)/t2*21-/m00/s1. The first-order valence-corrected chi connectivity index (χ1v) is 24.5. The average Bonchev–Trinajstić information content (AvgIpc) is 3.26. The van der Waals surface area contributed by atoms with Gasteiger partial charge in [0.1, 0.15) is 30.8 Å². The zero-order chi connectivity index (χ0) is 47.9. The summed E-state index contributed by atoms with van der Waals surface area (Å²) in [6, 6.07) is -0.978. The molecule has 0 rings (SSSR count).